The Morgan fingerprint density at radius 3 is 2.81 bits per heavy atom. The van der Waals surface area contributed by atoms with E-state index in [-0.39, 0.29) is 0 Å². The summed E-state index contributed by atoms with van der Waals surface area (Å²) in [6, 6.07) is 4.61. The standard InChI is InChI=1S/C16H22N4O/c1-11(2)20(3)10-15-18-16(19-21-15)14-9-8-12-6-4-5-7-13(12)17-14/h8-9,11H,4-7,10H2,1-3H3. The fourth-order valence-electron chi connectivity index (χ4n) is 2.53. The number of pyridine rings is 1. The molecule has 112 valence electrons. The third-order valence-corrected chi connectivity index (χ3v) is 4.14. The maximum absolute atomic E-state index is 5.34. The molecular weight excluding hydrogens is 264 g/mol. The largest absolute Gasteiger partial charge is 0.337 e. The van der Waals surface area contributed by atoms with E-state index in [9.17, 15) is 0 Å². The molecule has 5 nitrogen and oxygen atoms in total. The highest BCUT2D eigenvalue weighted by molar-refractivity contribution is 5.49. The lowest BCUT2D eigenvalue weighted by molar-refractivity contribution is 0.226. The number of hydrogen-bond donors (Lipinski definition) is 0. The van der Waals surface area contributed by atoms with Gasteiger partial charge in [-0.3, -0.25) is 4.90 Å². The van der Waals surface area contributed by atoms with E-state index < -0.39 is 0 Å². The monoisotopic (exact) mass is 286 g/mol. The van der Waals surface area contributed by atoms with E-state index in [1.54, 1.807) is 0 Å². The first-order valence-corrected chi connectivity index (χ1v) is 7.65. The quantitative estimate of drug-likeness (QED) is 0.865. The van der Waals surface area contributed by atoms with Crippen LogP contribution in [0.1, 0.15) is 43.8 Å². The summed E-state index contributed by atoms with van der Waals surface area (Å²) in [6.07, 6.45) is 4.69. The predicted octanol–water partition coefficient (Wildman–Crippen LogP) is 2.85. The summed E-state index contributed by atoms with van der Waals surface area (Å²) in [5.74, 6) is 1.23. The summed E-state index contributed by atoms with van der Waals surface area (Å²) in [5.41, 5.74) is 3.38. The average Bonchev–Trinajstić information content (AvgIpc) is 2.95. The van der Waals surface area contributed by atoms with Gasteiger partial charge in [-0.2, -0.15) is 4.98 Å². The Hall–Kier alpha value is -1.75. The SMILES string of the molecule is CC(C)N(C)Cc1nc(-c2ccc3c(n2)CCCC3)no1. The molecule has 0 saturated carbocycles. The minimum Gasteiger partial charge on any atom is -0.337 e. The van der Waals surface area contributed by atoms with Crippen molar-refractivity contribution in [2.45, 2.75) is 52.1 Å². The minimum atomic E-state index is 0.446. The summed E-state index contributed by atoms with van der Waals surface area (Å²) in [4.78, 5) is 11.3. The van der Waals surface area contributed by atoms with Crippen LogP contribution in [0.5, 0.6) is 0 Å². The lowest BCUT2D eigenvalue weighted by Gasteiger charge is -2.18. The van der Waals surface area contributed by atoms with Crippen LogP contribution >= 0.6 is 0 Å². The molecule has 0 amide bonds. The molecule has 2 aromatic rings. The molecule has 0 N–H and O–H groups in total. The zero-order valence-corrected chi connectivity index (χ0v) is 13.0. The molecule has 0 atom stereocenters. The van der Waals surface area contributed by atoms with Crippen LogP contribution in [0.2, 0.25) is 0 Å². The molecule has 5 heteroatoms. The van der Waals surface area contributed by atoms with Crippen LogP contribution in [0.25, 0.3) is 11.5 Å². The van der Waals surface area contributed by atoms with E-state index in [4.69, 9.17) is 9.51 Å². The second-order valence-electron chi connectivity index (χ2n) is 6.03. The van der Waals surface area contributed by atoms with Gasteiger partial charge in [-0.15, -0.1) is 0 Å². The highest BCUT2D eigenvalue weighted by atomic mass is 16.5. The molecule has 0 aromatic carbocycles. The molecule has 0 radical (unpaired) electrons. The first-order chi connectivity index (χ1) is 10.1. The summed E-state index contributed by atoms with van der Waals surface area (Å²) < 4.78 is 5.34. The number of hydrogen-bond acceptors (Lipinski definition) is 5. The van der Waals surface area contributed by atoms with Crippen molar-refractivity contribution in [1.29, 1.82) is 0 Å². The number of fused-ring (bicyclic) bond motifs is 1. The number of aryl methyl sites for hydroxylation is 2. The van der Waals surface area contributed by atoms with Crippen molar-refractivity contribution < 1.29 is 4.52 Å². The molecule has 2 aromatic heterocycles. The van der Waals surface area contributed by atoms with Crippen molar-refractivity contribution in [2.75, 3.05) is 7.05 Å². The zero-order chi connectivity index (χ0) is 14.8. The van der Waals surface area contributed by atoms with Crippen molar-refractivity contribution in [2.24, 2.45) is 0 Å². The molecule has 21 heavy (non-hydrogen) atoms. The number of aromatic nitrogens is 3. The van der Waals surface area contributed by atoms with Crippen LogP contribution in [0, 0.1) is 0 Å². The van der Waals surface area contributed by atoms with Gasteiger partial charge in [0.25, 0.3) is 0 Å². The molecule has 2 heterocycles. The normalized spacial score (nSPS) is 14.7. The molecule has 0 bridgehead atoms. The number of rotatable bonds is 4. The van der Waals surface area contributed by atoms with Gasteiger partial charge in [0, 0.05) is 11.7 Å². The van der Waals surface area contributed by atoms with E-state index in [1.807, 2.05) is 13.1 Å². The molecule has 0 fully saturated rings. The lowest BCUT2D eigenvalue weighted by atomic mass is 9.96. The molecule has 0 spiro atoms. The third-order valence-electron chi connectivity index (χ3n) is 4.14. The van der Waals surface area contributed by atoms with Crippen LogP contribution in [-0.2, 0) is 19.4 Å². The Kier molecular flexibility index (Phi) is 4.01. The zero-order valence-electron chi connectivity index (χ0n) is 13.0. The molecule has 0 saturated heterocycles. The van der Waals surface area contributed by atoms with Gasteiger partial charge in [0.05, 0.1) is 6.54 Å². The van der Waals surface area contributed by atoms with E-state index in [0.29, 0.717) is 24.3 Å². The van der Waals surface area contributed by atoms with Gasteiger partial charge in [0.2, 0.25) is 11.7 Å². The fraction of sp³-hybridized carbons (Fsp3) is 0.562. The van der Waals surface area contributed by atoms with Crippen LogP contribution in [0.4, 0.5) is 0 Å². The van der Waals surface area contributed by atoms with Gasteiger partial charge in [0.1, 0.15) is 5.69 Å². The van der Waals surface area contributed by atoms with Crippen LogP contribution in [-0.4, -0.2) is 33.1 Å². The number of nitrogens with zero attached hydrogens (tertiary/aromatic N) is 4. The highest BCUT2D eigenvalue weighted by Gasteiger charge is 2.16. The van der Waals surface area contributed by atoms with Gasteiger partial charge in [-0.25, -0.2) is 4.98 Å². The van der Waals surface area contributed by atoms with E-state index in [1.165, 1.54) is 24.1 Å². The van der Waals surface area contributed by atoms with E-state index in [0.717, 1.165) is 18.5 Å². The van der Waals surface area contributed by atoms with Crippen LogP contribution in [0.3, 0.4) is 0 Å². The second kappa shape index (κ2) is 5.93. The maximum atomic E-state index is 5.34. The predicted molar refractivity (Wildman–Crippen MR) is 80.8 cm³/mol. The van der Waals surface area contributed by atoms with Gasteiger partial charge < -0.3 is 4.52 Å². The van der Waals surface area contributed by atoms with Gasteiger partial charge in [0.15, 0.2) is 0 Å². The van der Waals surface area contributed by atoms with E-state index in [2.05, 4.69) is 35.0 Å². The third kappa shape index (κ3) is 3.13. The Bertz CT molecular complexity index is 620. The highest BCUT2D eigenvalue weighted by Crippen LogP contribution is 2.23. The molecular formula is C16H22N4O. The van der Waals surface area contributed by atoms with Crippen LogP contribution < -0.4 is 0 Å². The van der Waals surface area contributed by atoms with Crippen molar-refractivity contribution >= 4 is 0 Å². The summed E-state index contributed by atoms with van der Waals surface area (Å²) in [6.45, 7) is 4.94. The molecule has 0 aliphatic heterocycles. The Labute approximate surface area is 125 Å². The minimum absolute atomic E-state index is 0.446. The van der Waals surface area contributed by atoms with Gasteiger partial charge in [-0.1, -0.05) is 11.2 Å². The molecule has 0 unspecified atom stereocenters. The van der Waals surface area contributed by atoms with Crippen molar-refractivity contribution in [3.8, 4) is 11.5 Å². The fourth-order valence-corrected chi connectivity index (χ4v) is 2.53. The van der Waals surface area contributed by atoms with Gasteiger partial charge >= 0.3 is 0 Å². The second-order valence-corrected chi connectivity index (χ2v) is 6.03. The molecule has 3 rings (SSSR count). The Balaban J connectivity index is 1.80. The Morgan fingerprint density at radius 2 is 2.00 bits per heavy atom. The first kappa shape index (κ1) is 14.2. The van der Waals surface area contributed by atoms with Gasteiger partial charge in [-0.05, 0) is 58.2 Å². The summed E-state index contributed by atoms with van der Waals surface area (Å²) in [5, 5.41) is 4.07. The Morgan fingerprint density at radius 1 is 1.19 bits per heavy atom. The van der Waals surface area contributed by atoms with Crippen molar-refractivity contribution in [3.63, 3.8) is 0 Å². The summed E-state index contributed by atoms with van der Waals surface area (Å²) >= 11 is 0. The van der Waals surface area contributed by atoms with Crippen molar-refractivity contribution in [3.05, 3.63) is 29.3 Å². The van der Waals surface area contributed by atoms with Crippen molar-refractivity contribution in [1.82, 2.24) is 20.0 Å². The van der Waals surface area contributed by atoms with E-state index >= 15 is 0 Å². The maximum Gasteiger partial charge on any atom is 0.241 e. The topological polar surface area (TPSA) is 55.1 Å². The smallest absolute Gasteiger partial charge is 0.241 e. The molecule has 1 aliphatic carbocycles. The molecule has 1 aliphatic rings. The first-order valence-electron chi connectivity index (χ1n) is 7.65. The van der Waals surface area contributed by atoms with Crippen LogP contribution in [0.15, 0.2) is 16.7 Å². The average molecular weight is 286 g/mol. The summed E-state index contributed by atoms with van der Waals surface area (Å²) in [7, 11) is 2.05. The lowest BCUT2D eigenvalue weighted by Crippen LogP contribution is -2.25.